The van der Waals surface area contributed by atoms with Gasteiger partial charge in [-0.15, -0.1) is 0 Å². The maximum Gasteiger partial charge on any atom is 0.243 e. The lowest BCUT2D eigenvalue weighted by atomic mass is 10.1. The zero-order valence-electron chi connectivity index (χ0n) is 12.5. The zero-order valence-corrected chi connectivity index (χ0v) is 14.0. The van der Waals surface area contributed by atoms with E-state index in [1.165, 1.54) is 38.2 Å². The molecule has 0 saturated heterocycles. The third-order valence-corrected chi connectivity index (χ3v) is 3.94. The average Bonchev–Trinajstić information content (AvgIpc) is 2.47. The highest BCUT2D eigenvalue weighted by molar-refractivity contribution is 6.42. The van der Waals surface area contributed by atoms with E-state index in [-0.39, 0.29) is 5.91 Å². The van der Waals surface area contributed by atoms with E-state index in [9.17, 15) is 4.79 Å². The first-order valence-corrected chi connectivity index (χ1v) is 8.30. The summed E-state index contributed by atoms with van der Waals surface area (Å²) in [5.41, 5.74) is 0.860. The summed E-state index contributed by atoms with van der Waals surface area (Å²) in [5.74, 6) is -0.0744. The molecule has 1 amide bonds. The number of amides is 1. The van der Waals surface area contributed by atoms with Gasteiger partial charge in [0.15, 0.2) is 0 Å². The smallest absolute Gasteiger partial charge is 0.243 e. The minimum Gasteiger partial charge on any atom is -0.353 e. The van der Waals surface area contributed by atoms with Crippen molar-refractivity contribution in [2.75, 3.05) is 6.54 Å². The van der Waals surface area contributed by atoms with Crippen molar-refractivity contribution in [3.8, 4) is 0 Å². The predicted octanol–water partition coefficient (Wildman–Crippen LogP) is 5.48. The molecule has 1 rings (SSSR count). The van der Waals surface area contributed by atoms with E-state index < -0.39 is 0 Å². The number of carbonyl (C=O) groups is 1. The van der Waals surface area contributed by atoms with Gasteiger partial charge < -0.3 is 5.32 Å². The summed E-state index contributed by atoms with van der Waals surface area (Å²) < 4.78 is 0. The van der Waals surface area contributed by atoms with Crippen molar-refractivity contribution in [3.05, 3.63) is 39.9 Å². The van der Waals surface area contributed by atoms with Crippen LogP contribution in [0.15, 0.2) is 24.3 Å². The minimum absolute atomic E-state index is 0.0744. The number of nitrogens with one attached hydrogen (secondary N) is 1. The van der Waals surface area contributed by atoms with Crippen LogP contribution in [0.1, 0.15) is 51.0 Å². The van der Waals surface area contributed by atoms with Crippen molar-refractivity contribution in [1.82, 2.24) is 5.32 Å². The van der Waals surface area contributed by atoms with E-state index in [1.807, 2.05) is 6.07 Å². The Labute approximate surface area is 137 Å². The van der Waals surface area contributed by atoms with Gasteiger partial charge in [0.25, 0.3) is 0 Å². The molecular formula is C17H23Cl2NO. The van der Waals surface area contributed by atoms with Crippen molar-refractivity contribution in [3.63, 3.8) is 0 Å². The largest absolute Gasteiger partial charge is 0.353 e. The minimum atomic E-state index is -0.0744. The lowest BCUT2D eigenvalue weighted by Gasteiger charge is -2.02. The Morgan fingerprint density at radius 2 is 1.81 bits per heavy atom. The summed E-state index contributed by atoms with van der Waals surface area (Å²) in [4.78, 5) is 11.6. The second kappa shape index (κ2) is 10.7. The Morgan fingerprint density at radius 3 is 2.52 bits per heavy atom. The molecule has 0 saturated carbocycles. The van der Waals surface area contributed by atoms with E-state index in [2.05, 4.69) is 12.2 Å². The highest BCUT2D eigenvalue weighted by atomic mass is 35.5. The van der Waals surface area contributed by atoms with Gasteiger partial charge in [-0.1, -0.05) is 68.3 Å². The summed E-state index contributed by atoms with van der Waals surface area (Å²) in [6.45, 7) is 2.94. The number of hydrogen-bond donors (Lipinski definition) is 1. The number of rotatable bonds is 9. The predicted molar refractivity (Wildman–Crippen MR) is 91.9 cm³/mol. The lowest BCUT2D eigenvalue weighted by molar-refractivity contribution is -0.116. The highest BCUT2D eigenvalue weighted by Gasteiger charge is 1.98. The number of hydrogen-bond acceptors (Lipinski definition) is 1. The van der Waals surface area contributed by atoms with E-state index >= 15 is 0 Å². The van der Waals surface area contributed by atoms with Gasteiger partial charge in [-0.2, -0.15) is 0 Å². The van der Waals surface area contributed by atoms with Crippen LogP contribution in [-0.4, -0.2) is 12.5 Å². The summed E-state index contributed by atoms with van der Waals surface area (Å²) in [5, 5.41) is 3.89. The quantitative estimate of drug-likeness (QED) is 0.472. The van der Waals surface area contributed by atoms with Crippen LogP contribution in [0.4, 0.5) is 0 Å². The summed E-state index contributed by atoms with van der Waals surface area (Å²) in [7, 11) is 0. The fourth-order valence-corrected chi connectivity index (χ4v) is 2.27. The Balaban J connectivity index is 2.21. The van der Waals surface area contributed by atoms with Crippen molar-refractivity contribution in [2.24, 2.45) is 0 Å². The maximum absolute atomic E-state index is 11.6. The van der Waals surface area contributed by atoms with Gasteiger partial charge in [-0.05, 0) is 30.2 Å². The van der Waals surface area contributed by atoms with Gasteiger partial charge in [0.05, 0.1) is 10.0 Å². The molecule has 1 aromatic rings. The van der Waals surface area contributed by atoms with Gasteiger partial charge in [-0.25, -0.2) is 0 Å². The summed E-state index contributed by atoms with van der Waals surface area (Å²) in [6.07, 6.45) is 10.6. The first-order chi connectivity index (χ1) is 10.1. The fraction of sp³-hybridized carbons (Fsp3) is 0.471. The van der Waals surface area contributed by atoms with Gasteiger partial charge in [0, 0.05) is 12.6 Å². The van der Waals surface area contributed by atoms with E-state index in [0.717, 1.165) is 18.5 Å². The van der Waals surface area contributed by atoms with Crippen LogP contribution in [-0.2, 0) is 4.79 Å². The molecule has 1 N–H and O–H groups in total. The Bertz CT molecular complexity index is 472. The van der Waals surface area contributed by atoms with E-state index in [0.29, 0.717) is 10.0 Å². The van der Waals surface area contributed by atoms with Crippen LogP contribution < -0.4 is 5.32 Å². The van der Waals surface area contributed by atoms with Crippen molar-refractivity contribution >= 4 is 35.2 Å². The molecule has 0 unspecified atom stereocenters. The molecule has 21 heavy (non-hydrogen) atoms. The van der Waals surface area contributed by atoms with E-state index in [4.69, 9.17) is 23.2 Å². The number of benzene rings is 1. The molecule has 0 aliphatic rings. The van der Waals surface area contributed by atoms with Gasteiger partial charge in [-0.3, -0.25) is 4.79 Å². The SMILES string of the molecule is CCCCCCCCNC(=O)C=Cc1ccc(Cl)c(Cl)c1. The molecule has 0 aliphatic carbocycles. The second-order valence-electron chi connectivity index (χ2n) is 5.07. The Hall–Kier alpha value is -0.990. The highest BCUT2D eigenvalue weighted by Crippen LogP contribution is 2.23. The van der Waals surface area contributed by atoms with Crippen LogP contribution in [0, 0.1) is 0 Å². The number of halogens is 2. The molecule has 0 bridgehead atoms. The van der Waals surface area contributed by atoms with Crippen molar-refractivity contribution in [1.29, 1.82) is 0 Å². The second-order valence-corrected chi connectivity index (χ2v) is 5.88. The van der Waals surface area contributed by atoms with Crippen LogP contribution in [0.2, 0.25) is 10.0 Å². The maximum atomic E-state index is 11.6. The van der Waals surface area contributed by atoms with Crippen LogP contribution in [0.5, 0.6) is 0 Å². The first kappa shape index (κ1) is 18.1. The molecular weight excluding hydrogens is 305 g/mol. The monoisotopic (exact) mass is 327 g/mol. The Kier molecular flexibility index (Phi) is 9.20. The number of carbonyl (C=O) groups excluding carboxylic acids is 1. The third kappa shape index (κ3) is 8.13. The molecule has 0 atom stereocenters. The zero-order chi connectivity index (χ0) is 15.5. The topological polar surface area (TPSA) is 29.1 Å². The third-order valence-electron chi connectivity index (χ3n) is 3.20. The molecule has 0 heterocycles. The summed E-state index contributed by atoms with van der Waals surface area (Å²) in [6, 6.07) is 5.28. The molecule has 0 aliphatic heterocycles. The fourth-order valence-electron chi connectivity index (χ4n) is 1.96. The molecule has 4 heteroatoms. The van der Waals surface area contributed by atoms with Crippen molar-refractivity contribution in [2.45, 2.75) is 45.4 Å². The average molecular weight is 328 g/mol. The number of unbranched alkanes of at least 4 members (excludes halogenated alkanes) is 5. The van der Waals surface area contributed by atoms with E-state index in [1.54, 1.807) is 18.2 Å². The first-order valence-electron chi connectivity index (χ1n) is 7.54. The molecule has 116 valence electrons. The molecule has 0 radical (unpaired) electrons. The van der Waals surface area contributed by atoms with Gasteiger partial charge >= 0.3 is 0 Å². The Morgan fingerprint density at radius 1 is 1.10 bits per heavy atom. The normalized spacial score (nSPS) is 11.0. The summed E-state index contributed by atoms with van der Waals surface area (Å²) >= 11 is 11.8. The molecule has 0 spiro atoms. The standard InChI is InChI=1S/C17H23Cl2NO/c1-2-3-4-5-6-7-12-20-17(21)11-9-14-8-10-15(18)16(19)13-14/h8-11,13H,2-7,12H2,1H3,(H,20,21). The molecule has 1 aromatic carbocycles. The molecule has 2 nitrogen and oxygen atoms in total. The van der Waals surface area contributed by atoms with Gasteiger partial charge in [0.2, 0.25) is 5.91 Å². The van der Waals surface area contributed by atoms with Crippen molar-refractivity contribution < 1.29 is 4.79 Å². The molecule has 0 aromatic heterocycles. The molecule has 0 fully saturated rings. The van der Waals surface area contributed by atoms with Crippen LogP contribution in [0.25, 0.3) is 6.08 Å². The lowest BCUT2D eigenvalue weighted by Crippen LogP contribution is -2.21. The van der Waals surface area contributed by atoms with Crippen LogP contribution >= 0.6 is 23.2 Å². The van der Waals surface area contributed by atoms with Gasteiger partial charge in [0.1, 0.15) is 0 Å². The van der Waals surface area contributed by atoms with Crippen LogP contribution in [0.3, 0.4) is 0 Å².